The molecule has 68 valence electrons. The summed E-state index contributed by atoms with van der Waals surface area (Å²) in [5, 5.41) is 0. The molecular formula is C6H11O3PSZr. The summed E-state index contributed by atoms with van der Waals surface area (Å²) in [7, 11) is 0. The van der Waals surface area contributed by atoms with Crippen molar-refractivity contribution < 1.29 is 40.1 Å². The third kappa shape index (κ3) is 8.98. The van der Waals surface area contributed by atoms with Crippen LogP contribution in [0.3, 0.4) is 0 Å². The minimum Gasteiger partial charge on any atom is -0.324 e. The number of hydrogen-bond donors (Lipinski definition) is 1. The maximum atomic E-state index is 9.16. The van der Waals surface area contributed by atoms with Crippen molar-refractivity contribution in [2.24, 2.45) is 0 Å². The average molecular weight is 285 g/mol. The fraction of sp³-hybridized carbons (Fsp3) is 0.333. The van der Waals surface area contributed by atoms with E-state index in [1.54, 1.807) is 0 Å². The molecule has 0 fully saturated rings. The number of rotatable bonds is 6. The van der Waals surface area contributed by atoms with Crippen LogP contribution >= 0.6 is 6.72 Å². The summed E-state index contributed by atoms with van der Waals surface area (Å²) in [5.74, 6) is 0. The molecule has 0 spiro atoms. The maximum Gasteiger partial charge on any atom is 0.325 e. The normalized spacial score (nSPS) is 10.1. The van der Waals surface area contributed by atoms with Crippen LogP contribution < -0.4 is 0 Å². The van der Waals surface area contributed by atoms with E-state index in [1.807, 2.05) is 0 Å². The summed E-state index contributed by atoms with van der Waals surface area (Å²) in [6.45, 7) is 4.17. The zero-order valence-electron chi connectivity index (χ0n) is 6.60. The fourth-order valence-corrected chi connectivity index (χ4v) is 1.36. The van der Waals surface area contributed by atoms with Crippen molar-refractivity contribution in [1.82, 2.24) is 0 Å². The van der Waals surface area contributed by atoms with Gasteiger partial charge < -0.3 is 13.9 Å². The van der Waals surface area contributed by atoms with Gasteiger partial charge in [0.15, 0.2) is 0 Å². The molecule has 12 heavy (non-hydrogen) atoms. The van der Waals surface area contributed by atoms with E-state index in [4.69, 9.17) is 13.9 Å². The summed E-state index contributed by atoms with van der Waals surface area (Å²) >= 11 is 4.60. The van der Waals surface area contributed by atoms with Crippen molar-refractivity contribution in [3.63, 3.8) is 0 Å². The second-order valence-corrected chi connectivity index (χ2v) is 4.48. The molecule has 0 bridgehead atoms. The van der Waals surface area contributed by atoms with Crippen LogP contribution in [0.1, 0.15) is 0 Å². The van der Waals surface area contributed by atoms with Crippen molar-refractivity contribution in [3.05, 3.63) is 25.3 Å². The molecule has 0 radical (unpaired) electrons. The Bertz CT molecular complexity index is 170. The van der Waals surface area contributed by atoms with Crippen molar-refractivity contribution in [2.45, 2.75) is 0 Å². The molecule has 0 unspecified atom stereocenters. The van der Waals surface area contributed by atoms with Crippen LogP contribution in [-0.4, -0.2) is 18.1 Å². The molecule has 1 N–H and O–H groups in total. The van der Waals surface area contributed by atoms with E-state index in [9.17, 15) is 0 Å². The Balaban J connectivity index is 0. The molecule has 0 saturated heterocycles. The Morgan fingerprint density at radius 1 is 1.25 bits per heavy atom. The predicted molar refractivity (Wildman–Crippen MR) is 48.8 cm³/mol. The number of hydrogen-bond acceptors (Lipinski definition) is 3. The molecular weight excluding hydrogens is 274 g/mol. The van der Waals surface area contributed by atoms with Gasteiger partial charge >= 0.3 is 6.72 Å². The molecule has 0 aromatic carbocycles. The van der Waals surface area contributed by atoms with Crippen LogP contribution in [0.25, 0.3) is 0 Å². The van der Waals surface area contributed by atoms with E-state index in [0.717, 1.165) is 0 Å². The summed E-state index contributed by atoms with van der Waals surface area (Å²) in [4.78, 5) is 9.16. The fourth-order valence-electron chi connectivity index (χ4n) is 0.331. The van der Waals surface area contributed by atoms with E-state index in [2.05, 4.69) is 25.0 Å². The van der Waals surface area contributed by atoms with Gasteiger partial charge in [-0.2, -0.15) is 0 Å². The standard InChI is InChI=1S/C6H11O3PS.Zr/c1-3-5-8-10(7,11)9-6-4-2;/h3-4H,1-2,5-6H2,(H,7,11);. The van der Waals surface area contributed by atoms with Gasteiger partial charge in [-0.25, -0.2) is 0 Å². The first kappa shape index (κ1) is 15.4. The monoisotopic (exact) mass is 284 g/mol. The molecule has 0 saturated carbocycles. The van der Waals surface area contributed by atoms with Gasteiger partial charge in [-0.3, -0.25) is 0 Å². The SMILES string of the molecule is C=CCOP(O)(=S)OCC=C.[Zr]. The Morgan fingerprint density at radius 3 is 1.83 bits per heavy atom. The quantitative estimate of drug-likeness (QED) is 0.594. The Hall–Kier alpha value is 0.893. The molecule has 0 amide bonds. The molecule has 0 aromatic heterocycles. The first-order valence-corrected chi connectivity index (χ1v) is 5.55. The first-order chi connectivity index (χ1) is 5.12. The summed E-state index contributed by atoms with van der Waals surface area (Å²) in [5.41, 5.74) is 0. The first-order valence-electron chi connectivity index (χ1n) is 2.96. The van der Waals surface area contributed by atoms with Crippen LogP contribution in [0, 0.1) is 0 Å². The van der Waals surface area contributed by atoms with Gasteiger partial charge in [0.25, 0.3) is 0 Å². The van der Waals surface area contributed by atoms with Crippen molar-refractivity contribution in [3.8, 4) is 0 Å². The Kier molecular flexibility index (Phi) is 10.9. The Labute approximate surface area is 96.8 Å². The summed E-state index contributed by atoms with van der Waals surface area (Å²) in [6.07, 6.45) is 2.99. The van der Waals surface area contributed by atoms with Crippen LogP contribution in [0.4, 0.5) is 0 Å². The molecule has 0 rings (SSSR count). The summed E-state index contributed by atoms with van der Waals surface area (Å²) < 4.78 is 9.55. The Morgan fingerprint density at radius 2 is 1.58 bits per heavy atom. The molecule has 0 aliphatic carbocycles. The van der Waals surface area contributed by atoms with Crippen molar-refractivity contribution >= 4 is 18.5 Å². The molecule has 0 aliphatic heterocycles. The molecule has 0 atom stereocenters. The van der Waals surface area contributed by atoms with E-state index < -0.39 is 6.72 Å². The average Bonchev–Trinajstić information content (AvgIpc) is 1.97. The third-order valence-corrected chi connectivity index (χ3v) is 2.29. The van der Waals surface area contributed by atoms with E-state index in [0.29, 0.717) is 0 Å². The molecule has 0 aromatic rings. The van der Waals surface area contributed by atoms with Gasteiger partial charge in [0.2, 0.25) is 0 Å². The smallest absolute Gasteiger partial charge is 0.324 e. The largest absolute Gasteiger partial charge is 0.325 e. The molecule has 6 heteroatoms. The van der Waals surface area contributed by atoms with E-state index in [1.165, 1.54) is 12.2 Å². The third-order valence-electron chi connectivity index (χ3n) is 0.711. The van der Waals surface area contributed by atoms with Crippen LogP contribution in [0.5, 0.6) is 0 Å². The van der Waals surface area contributed by atoms with Crippen LogP contribution in [-0.2, 0) is 47.1 Å². The molecule has 3 nitrogen and oxygen atoms in total. The second kappa shape index (κ2) is 8.49. The van der Waals surface area contributed by atoms with Gasteiger partial charge in [0.05, 0.1) is 13.2 Å². The van der Waals surface area contributed by atoms with Crippen LogP contribution in [0.2, 0.25) is 0 Å². The minimum absolute atomic E-state index is 0. The van der Waals surface area contributed by atoms with Gasteiger partial charge in [-0.1, -0.05) is 12.2 Å². The zero-order chi connectivity index (χ0) is 8.74. The molecule has 0 aliphatic rings. The second-order valence-electron chi connectivity index (χ2n) is 1.64. The summed E-state index contributed by atoms with van der Waals surface area (Å²) in [6, 6.07) is 0. The van der Waals surface area contributed by atoms with Gasteiger partial charge in [-0.05, 0) is 11.8 Å². The van der Waals surface area contributed by atoms with Gasteiger partial charge in [0, 0.05) is 26.2 Å². The van der Waals surface area contributed by atoms with Crippen molar-refractivity contribution in [2.75, 3.05) is 13.2 Å². The molecule has 0 heterocycles. The van der Waals surface area contributed by atoms with Gasteiger partial charge in [0.1, 0.15) is 0 Å². The predicted octanol–water partition coefficient (Wildman–Crippen LogP) is 1.61. The zero-order valence-corrected chi connectivity index (χ0v) is 10.8. The topological polar surface area (TPSA) is 38.7 Å². The minimum atomic E-state index is -3.03. The maximum absolute atomic E-state index is 9.16. The van der Waals surface area contributed by atoms with Crippen LogP contribution in [0.15, 0.2) is 25.3 Å². The van der Waals surface area contributed by atoms with Gasteiger partial charge in [-0.15, -0.1) is 13.2 Å². The van der Waals surface area contributed by atoms with E-state index in [-0.39, 0.29) is 39.4 Å². The van der Waals surface area contributed by atoms with E-state index >= 15 is 0 Å². The van der Waals surface area contributed by atoms with Crippen molar-refractivity contribution in [1.29, 1.82) is 0 Å².